The third-order valence-electron chi connectivity index (χ3n) is 4.82. The standard InChI is InChI=1S/C17H30N6O/c24-13-7-1-4-10-18-15-20-16(19-14-8-2-3-9-14)22-17(21-15)23-11-5-6-12-23/h14,24H,1-13H2,(H2,18,19,20,21,22). The molecule has 1 saturated heterocycles. The Balaban J connectivity index is 1.64. The summed E-state index contributed by atoms with van der Waals surface area (Å²) in [6.07, 6.45) is 10.3. The van der Waals surface area contributed by atoms with E-state index in [-0.39, 0.29) is 6.61 Å². The lowest BCUT2D eigenvalue weighted by atomic mass is 10.2. The Morgan fingerprint density at radius 2 is 1.67 bits per heavy atom. The fourth-order valence-electron chi connectivity index (χ4n) is 3.43. The van der Waals surface area contributed by atoms with Gasteiger partial charge in [-0.05, 0) is 44.9 Å². The molecule has 0 atom stereocenters. The highest BCUT2D eigenvalue weighted by atomic mass is 16.2. The van der Waals surface area contributed by atoms with Crippen LogP contribution in [0.1, 0.15) is 57.8 Å². The molecule has 7 heteroatoms. The van der Waals surface area contributed by atoms with Crippen LogP contribution < -0.4 is 15.5 Å². The maximum atomic E-state index is 8.85. The summed E-state index contributed by atoms with van der Waals surface area (Å²) < 4.78 is 0. The molecule has 3 N–H and O–H groups in total. The van der Waals surface area contributed by atoms with E-state index in [0.717, 1.165) is 44.8 Å². The third-order valence-corrected chi connectivity index (χ3v) is 4.82. The van der Waals surface area contributed by atoms with Crippen molar-refractivity contribution >= 4 is 17.8 Å². The Morgan fingerprint density at radius 1 is 0.917 bits per heavy atom. The van der Waals surface area contributed by atoms with Crippen LogP contribution in [0.2, 0.25) is 0 Å². The van der Waals surface area contributed by atoms with Crippen LogP contribution in [0, 0.1) is 0 Å². The molecule has 1 aliphatic carbocycles. The van der Waals surface area contributed by atoms with Gasteiger partial charge in [0.15, 0.2) is 0 Å². The van der Waals surface area contributed by atoms with Crippen LogP contribution in [0.3, 0.4) is 0 Å². The van der Waals surface area contributed by atoms with E-state index in [1.165, 1.54) is 38.5 Å². The third kappa shape index (κ3) is 4.93. The fraction of sp³-hybridized carbons (Fsp3) is 0.824. The summed E-state index contributed by atoms with van der Waals surface area (Å²) in [5.41, 5.74) is 0. The molecule has 134 valence electrons. The molecule has 1 saturated carbocycles. The first-order chi connectivity index (χ1) is 11.8. The van der Waals surface area contributed by atoms with E-state index in [2.05, 4.69) is 30.5 Å². The maximum absolute atomic E-state index is 8.85. The van der Waals surface area contributed by atoms with Gasteiger partial charge < -0.3 is 20.6 Å². The first kappa shape index (κ1) is 17.2. The van der Waals surface area contributed by atoms with Gasteiger partial charge in [0.2, 0.25) is 17.8 Å². The van der Waals surface area contributed by atoms with Crippen molar-refractivity contribution in [3.05, 3.63) is 0 Å². The Labute approximate surface area is 144 Å². The zero-order chi connectivity index (χ0) is 16.6. The number of aliphatic hydroxyl groups is 1. The molecule has 0 aromatic carbocycles. The van der Waals surface area contributed by atoms with Crippen LogP contribution in [0.4, 0.5) is 17.8 Å². The topological polar surface area (TPSA) is 86.2 Å². The van der Waals surface area contributed by atoms with Crippen LogP contribution in [-0.2, 0) is 0 Å². The molecule has 2 fully saturated rings. The summed E-state index contributed by atoms with van der Waals surface area (Å²) in [6, 6.07) is 0.497. The van der Waals surface area contributed by atoms with Crippen molar-refractivity contribution in [2.75, 3.05) is 41.8 Å². The van der Waals surface area contributed by atoms with Crippen LogP contribution in [0.25, 0.3) is 0 Å². The Hall–Kier alpha value is -1.63. The average molecular weight is 334 g/mol. The minimum atomic E-state index is 0.264. The van der Waals surface area contributed by atoms with Gasteiger partial charge in [0.1, 0.15) is 0 Å². The van der Waals surface area contributed by atoms with E-state index in [1.54, 1.807) is 0 Å². The van der Waals surface area contributed by atoms with Gasteiger partial charge in [0, 0.05) is 32.3 Å². The van der Waals surface area contributed by atoms with Gasteiger partial charge in [-0.2, -0.15) is 15.0 Å². The maximum Gasteiger partial charge on any atom is 0.231 e. The SMILES string of the molecule is OCCCCCNc1nc(NC2CCCC2)nc(N2CCCC2)n1. The first-order valence-electron chi connectivity index (χ1n) is 9.47. The number of anilines is 3. The van der Waals surface area contributed by atoms with Gasteiger partial charge in [0.25, 0.3) is 0 Å². The number of aromatic nitrogens is 3. The van der Waals surface area contributed by atoms with Gasteiger partial charge in [-0.3, -0.25) is 0 Å². The van der Waals surface area contributed by atoms with E-state index >= 15 is 0 Å². The van der Waals surface area contributed by atoms with Gasteiger partial charge in [-0.1, -0.05) is 12.8 Å². The first-order valence-corrected chi connectivity index (χ1v) is 9.47. The van der Waals surface area contributed by atoms with Crippen molar-refractivity contribution < 1.29 is 5.11 Å². The van der Waals surface area contributed by atoms with Gasteiger partial charge in [0.05, 0.1) is 0 Å². The zero-order valence-corrected chi connectivity index (χ0v) is 14.5. The molecule has 24 heavy (non-hydrogen) atoms. The Kier molecular flexibility index (Phi) is 6.46. The highest BCUT2D eigenvalue weighted by molar-refractivity contribution is 5.44. The molecule has 3 rings (SSSR count). The lowest BCUT2D eigenvalue weighted by Crippen LogP contribution is -2.24. The summed E-state index contributed by atoms with van der Waals surface area (Å²) in [5.74, 6) is 2.16. The largest absolute Gasteiger partial charge is 0.396 e. The highest BCUT2D eigenvalue weighted by Gasteiger charge is 2.20. The minimum absolute atomic E-state index is 0.264. The number of rotatable bonds is 9. The molecule has 0 bridgehead atoms. The molecule has 0 amide bonds. The molecule has 1 aromatic rings. The second-order valence-corrected chi connectivity index (χ2v) is 6.81. The molecule has 2 aliphatic rings. The number of aliphatic hydroxyl groups excluding tert-OH is 1. The molecule has 1 aromatic heterocycles. The van der Waals surface area contributed by atoms with Crippen molar-refractivity contribution in [3.63, 3.8) is 0 Å². The van der Waals surface area contributed by atoms with Crippen LogP contribution in [-0.4, -0.2) is 52.3 Å². The van der Waals surface area contributed by atoms with Gasteiger partial charge in [-0.15, -0.1) is 0 Å². The van der Waals surface area contributed by atoms with Crippen molar-refractivity contribution in [2.24, 2.45) is 0 Å². The normalized spacial score (nSPS) is 18.3. The van der Waals surface area contributed by atoms with Crippen molar-refractivity contribution in [1.82, 2.24) is 15.0 Å². The highest BCUT2D eigenvalue weighted by Crippen LogP contribution is 2.23. The van der Waals surface area contributed by atoms with Crippen LogP contribution in [0.15, 0.2) is 0 Å². The predicted octanol–water partition coefficient (Wildman–Crippen LogP) is 2.40. The van der Waals surface area contributed by atoms with E-state index in [9.17, 15) is 0 Å². The molecule has 0 radical (unpaired) electrons. The number of nitrogens with zero attached hydrogens (tertiary/aromatic N) is 4. The fourth-order valence-corrected chi connectivity index (χ4v) is 3.43. The summed E-state index contributed by atoms with van der Waals surface area (Å²) in [6.45, 7) is 3.15. The van der Waals surface area contributed by atoms with E-state index in [4.69, 9.17) is 5.11 Å². The molecular formula is C17H30N6O. The van der Waals surface area contributed by atoms with Crippen LogP contribution in [0.5, 0.6) is 0 Å². The predicted molar refractivity (Wildman–Crippen MR) is 96.6 cm³/mol. The van der Waals surface area contributed by atoms with Gasteiger partial charge >= 0.3 is 0 Å². The molecule has 0 spiro atoms. The summed E-state index contributed by atoms with van der Waals surface area (Å²) >= 11 is 0. The second-order valence-electron chi connectivity index (χ2n) is 6.81. The monoisotopic (exact) mass is 334 g/mol. The van der Waals surface area contributed by atoms with E-state index < -0.39 is 0 Å². The van der Waals surface area contributed by atoms with Crippen molar-refractivity contribution in [3.8, 4) is 0 Å². The van der Waals surface area contributed by atoms with Crippen LogP contribution >= 0.6 is 0 Å². The Morgan fingerprint density at radius 3 is 2.42 bits per heavy atom. The van der Waals surface area contributed by atoms with Crippen molar-refractivity contribution in [1.29, 1.82) is 0 Å². The molecule has 7 nitrogen and oxygen atoms in total. The molecular weight excluding hydrogens is 304 g/mol. The number of nitrogens with one attached hydrogen (secondary N) is 2. The van der Waals surface area contributed by atoms with E-state index in [1.807, 2.05) is 0 Å². The number of unbranched alkanes of at least 4 members (excludes halogenated alkanes) is 2. The Bertz CT molecular complexity index is 500. The molecule has 0 unspecified atom stereocenters. The quantitative estimate of drug-likeness (QED) is 0.598. The lowest BCUT2D eigenvalue weighted by molar-refractivity contribution is 0.283. The molecule has 1 aliphatic heterocycles. The molecule has 2 heterocycles. The average Bonchev–Trinajstić information content (AvgIpc) is 3.28. The zero-order valence-electron chi connectivity index (χ0n) is 14.5. The summed E-state index contributed by atoms with van der Waals surface area (Å²) in [4.78, 5) is 16.1. The summed E-state index contributed by atoms with van der Waals surface area (Å²) in [7, 11) is 0. The number of hydrogen-bond acceptors (Lipinski definition) is 7. The van der Waals surface area contributed by atoms with Gasteiger partial charge in [-0.25, -0.2) is 0 Å². The minimum Gasteiger partial charge on any atom is -0.396 e. The lowest BCUT2D eigenvalue weighted by Gasteiger charge is -2.18. The second kappa shape index (κ2) is 9.01. The summed E-state index contributed by atoms with van der Waals surface area (Å²) in [5, 5.41) is 15.7. The smallest absolute Gasteiger partial charge is 0.231 e. The van der Waals surface area contributed by atoms with E-state index in [0.29, 0.717) is 17.9 Å². The van der Waals surface area contributed by atoms with Crippen molar-refractivity contribution in [2.45, 2.75) is 63.8 Å². The number of hydrogen-bond donors (Lipinski definition) is 3.